The van der Waals surface area contributed by atoms with Gasteiger partial charge in [0, 0.05) is 24.5 Å². The molecule has 0 unspecified atom stereocenters. The van der Waals surface area contributed by atoms with Crippen molar-refractivity contribution in [3.8, 4) is 0 Å². The van der Waals surface area contributed by atoms with Gasteiger partial charge in [0.25, 0.3) is 11.5 Å². The third kappa shape index (κ3) is 3.32. The smallest absolute Gasteiger partial charge is 0.261 e. The molecule has 1 saturated heterocycles. The van der Waals surface area contributed by atoms with Crippen LogP contribution in [0.1, 0.15) is 58.6 Å². The zero-order valence-corrected chi connectivity index (χ0v) is 15.3. The highest BCUT2D eigenvalue weighted by molar-refractivity contribution is 5.94. The van der Waals surface area contributed by atoms with Gasteiger partial charge in [0.2, 0.25) is 0 Å². The summed E-state index contributed by atoms with van der Waals surface area (Å²) in [6, 6.07) is 1.85. The predicted molar refractivity (Wildman–Crippen MR) is 99.4 cm³/mol. The molecular formula is C20H26N4O2. The molecule has 2 aromatic heterocycles. The molecule has 0 radical (unpaired) electrons. The van der Waals surface area contributed by atoms with Gasteiger partial charge in [-0.1, -0.05) is 0 Å². The van der Waals surface area contributed by atoms with Gasteiger partial charge in [-0.2, -0.15) is 5.10 Å². The highest BCUT2D eigenvalue weighted by atomic mass is 16.2. The molecule has 0 aromatic carbocycles. The Kier molecular flexibility index (Phi) is 4.66. The summed E-state index contributed by atoms with van der Waals surface area (Å²) in [7, 11) is 0. The highest BCUT2D eigenvalue weighted by Gasteiger charge is 2.27. The average Bonchev–Trinajstić information content (AvgIpc) is 3.05. The van der Waals surface area contributed by atoms with Crippen molar-refractivity contribution < 1.29 is 4.79 Å². The molecule has 3 heterocycles. The second kappa shape index (κ2) is 7.09. The van der Waals surface area contributed by atoms with Crippen molar-refractivity contribution in [2.24, 2.45) is 5.92 Å². The first-order chi connectivity index (χ1) is 12.6. The Morgan fingerprint density at radius 1 is 1.31 bits per heavy atom. The molecular weight excluding hydrogens is 328 g/mol. The topological polar surface area (TPSA) is 81.8 Å². The fourth-order valence-corrected chi connectivity index (χ4v) is 4.29. The van der Waals surface area contributed by atoms with Crippen LogP contribution in [-0.2, 0) is 19.3 Å². The summed E-state index contributed by atoms with van der Waals surface area (Å²) in [5.74, 6) is 0.286. The van der Waals surface area contributed by atoms with E-state index in [9.17, 15) is 9.59 Å². The van der Waals surface area contributed by atoms with E-state index in [1.807, 2.05) is 17.2 Å². The molecule has 2 aromatic rings. The number of fused-ring (bicyclic) bond motifs is 1. The first-order valence-corrected chi connectivity index (χ1v) is 9.65. The summed E-state index contributed by atoms with van der Waals surface area (Å²) in [6.45, 7) is 3.48. The van der Waals surface area contributed by atoms with Gasteiger partial charge in [-0.15, -0.1) is 0 Å². The number of rotatable bonds is 3. The summed E-state index contributed by atoms with van der Waals surface area (Å²) in [4.78, 5) is 30.3. The lowest BCUT2D eigenvalue weighted by atomic mass is 9.91. The third-order valence-corrected chi connectivity index (χ3v) is 5.80. The third-order valence-electron chi connectivity index (χ3n) is 5.80. The molecule has 6 heteroatoms. The standard InChI is InChI=1S/C20H26N4O2/c1-13-11-21-23-18(13)9-14-5-4-8-24(12-14)20(26)16-10-15-6-2-3-7-17(15)22-19(16)25/h10-11,14H,2-9,12H2,1H3,(H,21,23)(H,22,25)/t14-/m1/s1. The van der Waals surface area contributed by atoms with Crippen molar-refractivity contribution in [3.63, 3.8) is 0 Å². The molecule has 2 N–H and O–H groups in total. The number of nitrogens with zero attached hydrogens (tertiary/aromatic N) is 2. The monoisotopic (exact) mass is 354 g/mol. The number of hydrogen-bond donors (Lipinski definition) is 2. The number of nitrogens with one attached hydrogen (secondary N) is 2. The minimum Gasteiger partial charge on any atom is -0.338 e. The van der Waals surface area contributed by atoms with Gasteiger partial charge in [-0.05, 0) is 75.0 Å². The second-order valence-electron chi connectivity index (χ2n) is 7.72. The molecule has 1 aliphatic carbocycles. The van der Waals surface area contributed by atoms with Crippen LogP contribution in [-0.4, -0.2) is 39.1 Å². The van der Waals surface area contributed by atoms with Crippen LogP contribution in [0.4, 0.5) is 0 Å². The van der Waals surface area contributed by atoms with Crippen molar-refractivity contribution in [2.45, 2.75) is 51.9 Å². The quantitative estimate of drug-likeness (QED) is 0.888. The van der Waals surface area contributed by atoms with Crippen LogP contribution in [0.15, 0.2) is 17.1 Å². The maximum atomic E-state index is 13.0. The molecule has 0 bridgehead atoms. The largest absolute Gasteiger partial charge is 0.338 e. The lowest BCUT2D eigenvalue weighted by Gasteiger charge is -2.33. The summed E-state index contributed by atoms with van der Waals surface area (Å²) < 4.78 is 0. The fraction of sp³-hybridized carbons (Fsp3) is 0.550. The van der Waals surface area contributed by atoms with Crippen LogP contribution in [0.3, 0.4) is 0 Å². The number of aromatic nitrogens is 3. The zero-order chi connectivity index (χ0) is 18.1. The molecule has 4 rings (SSSR count). The van der Waals surface area contributed by atoms with Crippen LogP contribution >= 0.6 is 0 Å². The Hall–Kier alpha value is -2.37. The van der Waals surface area contributed by atoms with Crippen molar-refractivity contribution in [1.82, 2.24) is 20.1 Å². The maximum absolute atomic E-state index is 13.0. The van der Waals surface area contributed by atoms with Gasteiger partial charge in [0.15, 0.2) is 0 Å². The predicted octanol–water partition coefficient (Wildman–Crippen LogP) is 2.38. The van der Waals surface area contributed by atoms with Gasteiger partial charge in [-0.3, -0.25) is 14.7 Å². The van der Waals surface area contributed by atoms with Crippen LogP contribution in [0.25, 0.3) is 0 Å². The van der Waals surface area contributed by atoms with Crippen LogP contribution < -0.4 is 5.56 Å². The summed E-state index contributed by atoms with van der Waals surface area (Å²) in [5.41, 5.74) is 4.55. The summed E-state index contributed by atoms with van der Waals surface area (Å²) >= 11 is 0. The number of piperidine rings is 1. The number of aromatic amines is 2. The van der Waals surface area contributed by atoms with E-state index in [-0.39, 0.29) is 11.5 Å². The fourth-order valence-electron chi connectivity index (χ4n) is 4.29. The minimum absolute atomic E-state index is 0.120. The van der Waals surface area contributed by atoms with E-state index in [2.05, 4.69) is 22.1 Å². The number of likely N-dealkylation sites (tertiary alicyclic amines) is 1. The lowest BCUT2D eigenvalue weighted by molar-refractivity contribution is 0.0670. The van der Waals surface area contributed by atoms with Crippen molar-refractivity contribution in [3.05, 3.63) is 50.7 Å². The summed E-state index contributed by atoms with van der Waals surface area (Å²) in [5, 5.41) is 7.15. The Morgan fingerprint density at radius 2 is 2.15 bits per heavy atom. The van der Waals surface area contributed by atoms with E-state index < -0.39 is 0 Å². The molecule has 26 heavy (non-hydrogen) atoms. The highest BCUT2D eigenvalue weighted by Crippen LogP contribution is 2.23. The van der Waals surface area contributed by atoms with E-state index in [4.69, 9.17) is 0 Å². The van der Waals surface area contributed by atoms with Crippen LogP contribution in [0.2, 0.25) is 0 Å². The van der Waals surface area contributed by atoms with Gasteiger partial charge in [0.05, 0.1) is 6.20 Å². The van der Waals surface area contributed by atoms with E-state index in [1.165, 1.54) is 5.56 Å². The van der Waals surface area contributed by atoms with Gasteiger partial charge in [-0.25, -0.2) is 0 Å². The Bertz CT molecular complexity index is 867. The average molecular weight is 354 g/mol. The number of H-pyrrole nitrogens is 2. The first-order valence-electron chi connectivity index (χ1n) is 9.65. The van der Waals surface area contributed by atoms with Crippen molar-refractivity contribution in [2.75, 3.05) is 13.1 Å². The van der Waals surface area contributed by atoms with E-state index in [1.54, 1.807) is 0 Å². The van der Waals surface area contributed by atoms with Gasteiger partial charge >= 0.3 is 0 Å². The Balaban J connectivity index is 1.51. The second-order valence-corrected chi connectivity index (χ2v) is 7.72. The molecule has 1 fully saturated rings. The number of aryl methyl sites for hydroxylation is 3. The van der Waals surface area contributed by atoms with Crippen LogP contribution in [0, 0.1) is 12.8 Å². The number of carbonyl (C=O) groups is 1. The molecule has 0 saturated carbocycles. The Labute approximate surface area is 153 Å². The van der Waals surface area contributed by atoms with Crippen molar-refractivity contribution in [1.29, 1.82) is 0 Å². The normalized spacial score (nSPS) is 20.0. The zero-order valence-electron chi connectivity index (χ0n) is 15.3. The Morgan fingerprint density at radius 3 is 2.96 bits per heavy atom. The number of pyridine rings is 1. The van der Waals surface area contributed by atoms with E-state index >= 15 is 0 Å². The van der Waals surface area contributed by atoms with Gasteiger partial charge in [0.1, 0.15) is 5.56 Å². The minimum atomic E-state index is -0.234. The number of amides is 1. The SMILES string of the molecule is Cc1cn[nH]c1C[C@H]1CCCN(C(=O)c2cc3c([nH]c2=O)CCCC3)C1. The van der Waals surface area contributed by atoms with Crippen LogP contribution in [0.5, 0.6) is 0 Å². The maximum Gasteiger partial charge on any atom is 0.261 e. The molecule has 0 spiro atoms. The van der Waals surface area contributed by atoms with E-state index in [0.717, 1.165) is 68.4 Å². The van der Waals surface area contributed by atoms with Crippen molar-refractivity contribution >= 4 is 5.91 Å². The molecule has 1 atom stereocenters. The molecule has 1 aliphatic heterocycles. The number of carbonyl (C=O) groups excluding carboxylic acids is 1. The molecule has 6 nitrogen and oxygen atoms in total. The molecule has 2 aliphatic rings. The van der Waals surface area contributed by atoms with E-state index in [0.29, 0.717) is 18.0 Å². The first kappa shape index (κ1) is 17.1. The molecule has 138 valence electrons. The molecule has 1 amide bonds. The van der Waals surface area contributed by atoms with Gasteiger partial charge < -0.3 is 9.88 Å². The lowest BCUT2D eigenvalue weighted by Crippen LogP contribution is -2.42. The number of hydrogen-bond acceptors (Lipinski definition) is 3. The summed E-state index contributed by atoms with van der Waals surface area (Å²) in [6.07, 6.45) is 8.92.